The molecule has 0 rings (SSSR count). The maximum Gasteiger partial charge on any atom is 0.333 e. The number of carbonyl (C=O) groups excluding carboxylic acids is 2. The first-order valence-corrected chi connectivity index (χ1v) is 4.67. The average molecular weight is 198 g/mol. The van der Waals surface area contributed by atoms with E-state index in [0.29, 0.717) is 5.57 Å². The van der Waals surface area contributed by atoms with Crippen LogP contribution in [-0.4, -0.2) is 18.4 Å². The van der Waals surface area contributed by atoms with E-state index in [1.165, 1.54) is 0 Å². The molecule has 0 spiro atoms. The van der Waals surface area contributed by atoms with Crippen molar-refractivity contribution in [1.29, 1.82) is 0 Å². The molecule has 0 aliphatic heterocycles. The molecular weight excluding hydrogens is 180 g/mol. The molecule has 0 aromatic carbocycles. The van der Waals surface area contributed by atoms with E-state index in [9.17, 15) is 9.59 Å². The number of rotatable bonds is 5. The summed E-state index contributed by atoms with van der Waals surface area (Å²) in [5, 5.41) is 0. The van der Waals surface area contributed by atoms with Crippen molar-refractivity contribution in [2.24, 2.45) is 5.41 Å². The molecule has 3 heteroatoms. The first-order chi connectivity index (χ1) is 6.31. The zero-order valence-electron chi connectivity index (χ0n) is 9.35. The normalized spacial score (nSPS) is 10.9. The van der Waals surface area contributed by atoms with Crippen LogP contribution in [0.2, 0.25) is 0 Å². The van der Waals surface area contributed by atoms with Gasteiger partial charge in [-0.2, -0.15) is 0 Å². The lowest BCUT2D eigenvalue weighted by Crippen LogP contribution is -2.28. The molecule has 0 saturated carbocycles. The lowest BCUT2D eigenvalue weighted by molar-refractivity contribution is -0.147. The molecule has 0 fully saturated rings. The van der Waals surface area contributed by atoms with Crippen molar-refractivity contribution in [3.8, 4) is 0 Å². The summed E-state index contributed by atoms with van der Waals surface area (Å²) >= 11 is 0. The zero-order chi connectivity index (χ0) is 11.4. The van der Waals surface area contributed by atoms with Gasteiger partial charge in [0.2, 0.25) is 0 Å². The third kappa shape index (κ3) is 3.73. The second kappa shape index (κ2) is 4.94. The van der Waals surface area contributed by atoms with E-state index in [-0.39, 0.29) is 12.4 Å². The van der Waals surface area contributed by atoms with Crippen molar-refractivity contribution < 1.29 is 14.3 Å². The lowest BCUT2D eigenvalue weighted by atomic mass is 9.86. The fourth-order valence-corrected chi connectivity index (χ4v) is 0.647. The summed E-state index contributed by atoms with van der Waals surface area (Å²) in [6.07, 6.45) is 0.733. The van der Waals surface area contributed by atoms with Crippen LogP contribution in [0.25, 0.3) is 0 Å². The molecule has 0 aliphatic carbocycles. The summed E-state index contributed by atoms with van der Waals surface area (Å²) in [4.78, 5) is 22.5. The van der Waals surface area contributed by atoms with Crippen molar-refractivity contribution >= 4 is 11.8 Å². The SMILES string of the molecule is C=C(C)C(=O)OCC(=O)C(C)(C)CC. The number of Topliss-reactive ketones (excluding diaryl/α,β-unsaturated/α-hetero) is 1. The van der Waals surface area contributed by atoms with Crippen molar-refractivity contribution in [3.05, 3.63) is 12.2 Å². The Labute approximate surface area is 85.1 Å². The highest BCUT2D eigenvalue weighted by Gasteiger charge is 2.25. The molecular formula is C11H18O3. The molecule has 0 atom stereocenters. The van der Waals surface area contributed by atoms with Gasteiger partial charge in [-0.25, -0.2) is 4.79 Å². The Balaban J connectivity index is 4.10. The Kier molecular flexibility index (Phi) is 4.54. The standard InChI is InChI=1S/C11H18O3/c1-6-11(4,5)9(12)7-14-10(13)8(2)3/h2,6-7H2,1,3-5H3. The molecule has 3 nitrogen and oxygen atoms in total. The van der Waals surface area contributed by atoms with Gasteiger partial charge < -0.3 is 4.74 Å². The Morgan fingerprint density at radius 1 is 1.36 bits per heavy atom. The van der Waals surface area contributed by atoms with Gasteiger partial charge >= 0.3 is 5.97 Å². The van der Waals surface area contributed by atoms with E-state index in [2.05, 4.69) is 6.58 Å². The molecule has 0 heterocycles. The fraction of sp³-hybridized carbons (Fsp3) is 0.636. The van der Waals surface area contributed by atoms with Crippen LogP contribution < -0.4 is 0 Å². The summed E-state index contributed by atoms with van der Waals surface area (Å²) in [7, 11) is 0. The predicted molar refractivity (Wildman–Crippen MR) is 54.9 cm³/mol. The van der Waals surface area contributed by atoms with Crippen molar-refractivity contribution in [3.63, 3.8) is 0 Å². The maximum absolute atomic E-state index is 11.5. The fourth-order valence-electron chi connectivity index (χ4n) is 0.647. The number of carbonyl (C=O) groups is 2. The number of esters is 1. The van der Waals surface area contributed by atoms with Gasteiger partial charge in [0.1, 0.15) is 0 Å². The smallest absolute Gasteiger partial charge is 0.333 e. The van der Waals surface area contributed by atoms with Crippen LogP contribution in [-0.2, 0) is 14.3 Å². The van der Waals surface area contributed by atoms with Gasteiger partial charge in [-0.1, -0.05) is 27.4 Å². The minimum Gasteiger partial charge on any atom is -0.454 e. The van der Waals surface area contributed by atoms with Gasteiger partial charge in [-0.15, -0.1) is 0 Å². The van der Waals surface area contributed by atoms with E-state index in [1.54, 1.807) is 6.92 Å². The largest absolute Gasteiger partial charge is 0.454 e. The first-order valence-electron chi connectivity index (χ1n) is 4.67. The molecule has 0 aromatic rings. The highest BCUT2D eigenvalue weighted by Crippen LogP contribution is 2.20. The second-order valence-corrected chi connectivity index (χ2v) is 4.02. The molecule has 14 heavy (non-hydrogen) atoms. The van der Waals surface area contributed by atoms with Crippen LogP contribution in [0.4, 0.5) is 0 Å². The number of ether oxygens (including phenoxy) is 1. The molecule has 0 radical (unpaired) electrons. The van der Waals surface area contributed by atoms with E-state index < -0.39 is 11.4 Å². The minimum absolute atomic E-state index is 0.0606. The quantitative estimate of drug-likeness (QED) is 0.502. The molecule has 0 saturated heterocycles. The molecule has 0 aromatic heterocycles. The summed E-state index contributed by atoms with van der Waals surface area (Å²) < 4.78 is 4.77. The molecule has 0 unspecified atom stereocenters. The van der Waals surface area contributed by atoms with Crippen molar-refractivity contribution in [1.82, 2.24) is 0 Å². The van der Waals surface area contributed by atoms with Gasteiger partial charge in [0, 0.05) is 11.0 Å². The predicted octanol–water partition coefficient (Wildman–Crippen LogP) is 2.11. The average Bonchev–Trinajstić information content (AvgIpc) is 2.13. The topological polar surface area (TPSA) is 43.4 Å². The lowest BCUT2D eigenvalue weighted by Gasteiger charge is -2.20. The third-order valence-electron chi connectivity index (χ3n) is 2.32. The number of hydrogen-bond acceptors (Lipinski definition) is 3. The van der Waals surface area contributed by atoms with E-state index in [0.717, 1.165) is 6.42 Å². The molecule has 80 valence electrons. The molecule has 0 aliphatic rings. The van der Waals surface area contributed by atoms with Crippen LogP contribution in [0.1, 0.15) is 34.1 Å². The van der Waals surface area contributed by atoms with Crippen LogP contribution >= 0.6 is 0 Å². The molecule has 0 bridgehead atoms. The van der Waals surface area contributed by atoms with Gasteiger partial charge in [0.15, 0.2) is 12.4 Å². The first kappa shape index (κ1) is 12.9. The molecule has 0 N–H and O–H groups in total. The van der Waals surface area contributed by atoms with Crippen molar-refractivity contribution in [2.45, 2.75) is 34.1 Å². The van der Waals surface area contributed by atoms with Gasteiger partial charge in [-0.3, -0.25) is 4.79 Å². The Bertz CT molecular complexity index is 251. The van der Waals surface area contributed by atoms with Gasteiger partial charge in [-0.05, 0) is 13.3 Å². The van der Waals surface area contributed by atoms with Gasteiger partial charge in [0.25, 0.3) is 0 Å². The van der Waals surface area contributed by atoms with Crippen LogP contribution in [0.5, 0.6) is 0 Å². The van der Waals surface area contributed by atoms with Gasteiger partial charge in [0.05, 0.1) is 0 Å². The zero-order valence-corrected chi connectivity index (χ0v) is 9.35. The highest BCUT2D eigenvalue weighted by molar-refractivity contribution is 5.91. The summed E-state index contributed by atoms with van der Waals surface area (Å²) in [6, 6.07) is 0. The Hall–Kier alpha value is -1.12. The third-order valence-corrected chi connectivity index (χ3v) is 2.32. The Morgan fingerprint density at radius 3 is 2.21 bits per heavy atom. The van der Waals surface area contributed by atoms with Crippen LogP contribution in [0, 0.1) is 5.41 Å². The van der Waals surface area contributed by atoms with E-state index in [4.69, 9.17) is 4.74 Å². The minimum atomic E-state index is -0.509. The molecule has 0 amide bonds. The monoisotopic (exact) mass is 198 g/mol. The summed E-state index contributed by atoms with van der Waals surface area (Å²) in [5.74, 6) is -0.570. The van der Waals surface area contributed by atoms with E-state index in [1.807, 2.05) is 20.8 Å². The summed E-state index contributed by atoms with van der Waals surface area (Å²) in [5.41, 5.74) is -0.109. The maximum atomic E-state index is 11.5. The summed E-state index contributed by atoms with van der Waals surface area (Å²) in [6.45, 7) is 10.4. The Morgan fingerprint density at radius 2 is 1.86 bits per heavy atom. The highest BCUT2D eigenvalue weighted by atomic mass is 16.5. The number of ketones is 1. The van der Waals surface area contributed by atoms with E-state index >= 15 is 0 Å². The van der Waals surface area contributed by atoms with Crippen molar-refractivity contribution in [2.75, 3.05) is 6.61 Å². The second-order valence-electron chi connectivity index (χ2n) is 4.02. The van der Waals surface area contributed by atoms with Crippen LogP contribution in [0.3, 0.4) is 0 Å². The number of hydrogen-bond donors (Lipinski definition) is 0. The van der Waals surface area contributed by atoms with Crippen LogP contribution in [0.15, 0.2) is 12.2 Å².